The lowest BCUT2D eigenvalue weighted by atomic mass is 10.1. The molecule has 4 aromatic rings. The molecule has 0 saturated heterocycles. The summed E-state index contributed by atoms with van der Waals surface area (Å²) in [4.78, 5) is 21.9. The first-order valence-electron chi connectivity index (χ1n) is 11.1. The van der Waals surface area contributed by atoms with Crippen LogP contribution in [0.4, 0.5) is 24.8 Å². The molecule has 180 valence electrons. The van der Waals surface area contributed by atoms with E-state index >= 15 is 0 Å². The summed E-state index contributed by atoms with van der Waals surface area (Å²) >= 11 is 0. The molecule has 35 heavy (non-hydrogen) atoms. The number of fused-ring (bicyclic) bond motifs is 1. The first-order chi connectivity index (χ1) is 16.8. The summed E-state index contributed by atoms with van der Waals surface area (Å²) in [6.45, 7) is 2.63. The van der Waals surface area contributed by atoms with Crippen molar-refractivity contribution in [2.45, 2.75) is 32.7 Å². The minimum absolute atomic E-state index is 0.211. The maximum absolute atomic E-state index is 13.7. The van der Waals surface area contributed by atoms with Gasteiger partial charge < -0.3 is 4.42 Å². The van der Waals surface area contributed by atoms with Gasteiger partial charge in [-0.25, -0.2) is 4.98 Å². The van der Waals surface area contributed by atoms with E-state index in [1.54, 1.807) is 30.2 Å². The van der Waals surface area contributed by atoms with E-state index in [1.807, 2.05) is 41.3 Å². The Kier molecular flexibility index (Phi) is 5.94. The van der Waals surface area contributed by atoms with Gasteiger partial charge in [-0.15, -0.1) is 0 Å². The zero-order chi connectivity index (χ0) is 24.6. The van der Waals surface area contributed by atoms with Crippen molar-refractivity contribution < 1.29 is 17.6 Å². The maximum Gasteiger partial charge on any atom is 0.416 e. The molecule has 2 aromatic carbocycles. The van der Waals surface area contributed by atoms with Gasteiger partial charge in [0.15, 0.2) is 0 Å². The highest BCUT2D eigenvalue weighted by Gasteiger charge is 2.33. The summed E-state index contributed by atoms with van der Waals surface area (Å²) in [6, 6.07) is 18.3. The summed E-state index contributed by atoms with van der Waals surface area (Å²) in [5.74, 6) is 1.01. The molecule has 6 nitrogen and oxygen atoms in total. The molecule has 0 fully saturated rings. The van der Waals surface area contributed by atoms with Gasteiger partial charge in [0.1, 0.15) is 5.76 Å². The third-order valence-corrected chi connectivity index (χ3v) is 6.04. The molecule has 3 heterocycles. The summed E-state index contributed by atoms with van der Waals surface area (Å²) in [7, 11) is 0. The van der Waals surface area contributed by atoms with Crippen molar-refractivity contribution in [3.63, 3.8) is 0 Å². The van der Waals surface area contributed by atoms with Crippen molar-refractivity contribution in [1.82, 2.24) is 14.5 Å². The van der Waals surface area contributed by atoms with Crippen LogP contribution in [0.1, 0.15) is 28.1 Å². The Balaban J connectivity index is 1.60. The fourth-order valence-corrected chi connectivity index (χ4v) is 4.30. The Hall–Kier alpha value is -3.85. The van der Waals surface area contributed by atoms with Crippen LogP contribution in [0.15, 0.2) is 82.2 Å². The minimum Gasteiger partial charge on any atom is -0.468 e. The van der Waals surface area contributed by atoms with E-state index in [0.29, 0.717) is 41.6 Å². The molecule has 2 aromatic heterocycles. The second-order valence-electron chi connectivity index (χ2n) is 8.54. The molecule has 0 N–H and O–H groups in total. The summed E-state index contributed by atoms with van der Waals surface area (Å²) in [5.41, 5.74) is 1.43. The summed E-state index contributed by atoms with van der Waals surface area (Å²) in [5, 5.41) is 0. The molecule has 0 spiro atoms. The second-order valence-corrected chi connectivity index (χ2v) is 8.54. The van der Waals surface area contributed by atoms with E-state index in [1.165, 1.54) is 10.6 Å². The predicted octanol–water partition coefficient (Wildman–Crippen LogP) is 5.32. The fourth-order valence-electron chi connectivity index (χ4n) is 4.30. The van der Waals surface area contributed by atoms with E-state index in [-0.39, 0.29) is 18.9 Å². The Labute approximate surface area is 199 Å². The number of alkyl halides is 3. The molecule has 0 aliphatic carbocycles. The van der Waals surface area contributed by atoms with Crippen molar-refractivity contribution in [2.24, 2.45) is 0 Å². The molecular formula is C26H23F3N4O2. The topological polar surface area (TPSA) is 54.5 Å². The molecule has 5 rings (SSSR count). The number of hydrogen-bond acceptors (Lipinski definition) is 5. The van der Waals surface area contributed by atoms with Gasteiger partial charge in [-0.3, -0.25) is 19.2 Å². The Morgan fingerprint density at radius 1 is 1.00 bits per heavy atom. The third kappa shape index (κ3) is 4.72. The lowest BCUT2D eigenvalue weighted by Gasteiger charge is -2.38. The lowest BCUT2D eigenvalue weighted by molar-refractivity contribution is -0.137. The summed E-state index contributed by atoms with van der Waals surface area (Å²) in [6.07, 6.45) is -2.50. The molecule has 0 amide bonds. The second kappa shape index (κ2) is 9.07. The SMILES string of the molecule is Cc1nc2n(c(=O)c1Cc1ccccc1)CN(Cc1ccco1)CN2c1cccc(C(F)(F)F)c1. The van der Waals surface area contributed by atoms with E-state index < -0.39 is 11.7 Å². The maximum atomic E-state index is 13.7. The van der Waals surface area contributed by atoms with E-state index in [9.17, 15) is 18.0 Å². The number of aryl methyl sites for hydroxylation is 1. The molecule has 1 aliphatic heterocycles. The monoisotopic (exact) mass is 480 g/mol. The normalized spacial score (nSPS) is 14.2. The molecule has 0 atom stereocenters. The highest BCUT2D eigenvalue weighted by atomic mass is 19.4. The van der Waals surface area contributed by atoms with Crippen LogP contribution in [0, 0.1) is 6.92 Å². The average Bonchev–Trinajstić information content (AvgIpc) is 3.35. The molecule has 0 bridgehead atoms. The van der Waals surface area contributed by atoms with Crippen molar-refractivity contribution >= 4 is 11.6 Å². The first-order valence-corrected chi connectivity index (χ1v) is 11.1. The predicted molar refractivity (Wildman–Crippen MR) is 125 cm³/mol. The number of aromatic nitrogens is 2. The van der Waals surface area contributed by atoms with E-state index in [0.717, 1.165) is 17.7 Å². The van der Waals surface area contributed by atoms with Gasteiger partial charge in [0.2, 0.25) is 5.95 Å². The standard InChI is InChI=1S/C26H23F3N4O2/c1-18-23(13-19-7-3-2-4-8-19)24(34)33-17-31(15-22-11-6-12-35-22)16-32(25(33)30-18)21-10-5-9-20(14-21)26(27,28)29/h2-12,14H,13,15-17H2,1H3. The first kappa shape index (κ1) is 22.9. The summed E-state index contributed by atoms with van der Waals surface area (Å²) < 4.78 is 47.3. The van der Waals surface area contributed by atoms with Crippen molar-refractivity contribution in [2.75, 3.05) is 11.6 Å². The molecule has 0 radical (unpaired) electrons. The van der Waals surface area contributed by atoms with Gasteiger partial charge >= 0.3 is 6.18 Å². The van der Waals surface area contributed by atoms with Crippen molar-refractivity contribution in [1.29, 1.82) is 0 Å². The zero-order valence-electron chi connectivity index (χ0n) is 19.0. The third-order valence-electron chi connectivity index (χ3n) is 6.04. The van der Waals surface area contributed by atoms with E-state index in [4.69, 9.17) is 9.40 Å². The number of benzene rings is 2. The van der Waals surface area contributed by atoms with Crippen LogP contribution in [0.25, 0.3) is 0 Å². The minimum atomic E-state index is -4.48. The molecule has 9 heteroatoms. The molecular weight excluding hydrogens is 457 g/mol. The number of hydrogen-bond donors (Lipinski definition) is 0. The van der Waals surface area contributed by atoms with Gasteiger partial charge in [0, 0.05) is 17.7 Å². The van der Waals surface area contributed by atoms with Crippen LogP contribution in [0.5, 0.6) is 0 Å². The van der Waals surface area contributed by atoms with Gasteiger partial charge in [0.25, 0.3) is 5.56 Å². The number of nitrogens with zero attached hydrogens (tertiary/aromatic N) is 4. The van der Waals surface area contributed by atoms with Crippen LogP contribution in [0.2, 0.25) is 0 Å². The Morgan fingerprint density at radius 2 is 1.80 bits per heavy atom. The molecule has 0 unspecified atom stereocenters. The number of halogens is 3. The lowest BCUT2D eigenvalue weighted by Crippen LogP contribution is -2.47. The van der Waals surface area contributed by atoms with Crippen LogP contribution in [-0.4, -0.2) is 21.1 Å². The Bertz CT molecular complexity index is 1380. The van der Waals surface area contributed by atoms with Crippen LogP contribution >= 0.6 is 0 Å². The van der Waals surface area contributed by atoms with Crippen LogP contribution < -0.4 is 10.5 Å². The number of anilines is 2. The number of rotatable bonds is 5. The van der Waals surface area contributed by atoms with Gasteiger partial charge in [-0.1, -0.05) is 36.4 Å². The van der Waals surface area contributed by atoms with E-state index in [2.05, 4.69) is 0 Å². The molecule has 0 saturated carbocycles. The number of furan rings is 1. The quantitative estimate of drug-likeness (QED) is 0.387. The highest BCUT2D eigenvalue weighted by molar-refractivity contribution is 5.60. The smallest absolute Gasteiger partial charge is 0.416 e. The molecule has 1 aliphatic rings. The van der Waals surface area contributed by atoms with Gasteiger partial charge in [-0.2, -0.15) is 13.2 Å². The van der Waals surface area contributed by atoms with Crippen LogP contribution in [0.3, 0.4) is 0 Å². The Morgan fingerprint density at radius 3 is 2.51 bits per heavy atom. The van der Waals surface area contributed by atoms with Gasteiger partial charge in [-0.05, 0) is 42.8 Å². The largest absolute Gasteiger partial charge is 0.468 e. The fraction of sp³-hybridized carbons (Fsp3) is 0.231. The average molecular weight is 480 g/mol. The highest BCUT2D eigenvalue weighted by Crippen LogP contribution is 2.34. The zero-order valence-corrected chi connectivity index (χ0v) is 19.0. The van der Waals surface area contributed by atoms with Crippen LogP contribution in [-0.2, 0) is 25.8 Å². The van der Waals surface area contributed by atoms with Crippen molar-refractivity contribution in [3.05, 3.63) is 111 Å². The van der Waals surface area contributed by atoms with Gasteiger partial charge in [0.05, 0.1) is 37.4 Å². The van der Waals surface area contributed by atoms with Crippen molar-refractivity contribution in [3.8, 4) is 0 Å².